The van der Waals surface area contributed by atoms with Gasteiger partial charge in [-0.05, 0) is 29.8 Å². The van der Waals surface area contributed by atoms with E-state index in [-0.39, 0.29) is 12.6 Å². The third kappa shape index (κ3) is 3.24. The highest BCUT2D eigenvalue weighted by Gasteiger charge is 2.35. The van der Waals surface area contributed by atoms with Crippen LogP contribution in [0.15, 0.2) is 30.3 Å². The summed E-state index contributed by atoms with van der Waals surface area (Å²) in [4.78, 5) is 0. The number of methoxy groups -OCH3 is 2. The van der Waals surface area contributed by atoms with Gasteiger partial charge in [-0.3, -0.25) is 0 Å². The molecular formula is C18H18F3NO3. The maximum absolute atomic E-state index is 13.3. The molecular weight excluding hydrogens is 335 g/mol. The normalized spacial score (nSPS) is 16.3. The standard InChI is InChI=1S/C18H18F3NO3/c1-23-12-3-4-14(16(8-12)24-2)15-7-11(18(19,20)21)5-10-6-13(9-22)25-17(10)15/h3-5,7-8,13H,6,9,22H2,1-2H3. The average molecular weight is 353 g/mol. The van der Waals surface area contributed by atoms with Gasteiger partial charge in [0.1, 0.15) is 23.4 Å². The van der Waals surface area contributed by atoms with Crippen LogP contribution in [0.25, 0.3) is 11.1 Å². The van der Waals surface area contributed by atoms with Gasteiger partial charge in [0.15, 0.2) is 0 Å². The van der Waals surface area contributed by atoms with E-state index in [1.54, 1.807) is 18.2 Å². The Kier molecular flexibility index (Phi) is 4.51. The molecule has 0 saturated carbocycles. The van der Waals surface area contributed by atoms with Crippen molar-refractivity contribution >= 4 is 0 Å². The van der Waals surface area contributed by atoms with E-state index in [1.807, 2.05) is 0 Å². The zero-order chi connectivity index (χ0) is 18.2. The van der Waals surface area contributed by atoms with Crippen molar-refractivity contribution in [1.82, 2.24) is 0 Å². The van der Waals surface area contributed by atoms with Crippen LogP contribution < -0.4 is 19.9 Å². The van der Waals surface area contributed by atoms with Gasteiger partial charge in [-0.25, -0.2) is 0 Å². The van der Waals surface area contributed by atoms with Gasteiger partial charge >= 0.3 is 6.18 Å². The Morgan fingerprint density at radius 3 is 2.48 bits per heavy atom. The molecule has 2 aromatic rings. The van der Waals surface area contributed by atoms with Gasteiger partial charge in [-0.15, -0.1) is 0 Å². The smallest absolute Gasteiger partial charge is 0.416 e. The molecule has 0 saturated heterocycles. The van der Waals surface area contributed by atoms with E-state index >= 15 is 0 Å². The van der Waals surface area contributed by atoms with E-state index in [0.717, 1.165) is 12.1 Å². The van der Waals surface area contributed by atoms with Gasteiger partial charge in [-0.1, -0.05) is 0 Å². The molecule has 2 aromatic carbocycles. The predicted octanol–water partition coefficient (Wildman–Crippen LogP) is 3.65. The Balaban J connectivity index is 2.21. The van der Waals surface area contributed by atoms with Crippen LogP contribution in [0.3, 0.4) is 0 Å². The molecule has 1 aliphatic rings. The van der Waals surface area contributed by atoms with Crippen LogP contribution in [0.1, 0.15) is 11.1 Å². The molecule has 3 rings (SSSR count). The Hall–Kier alpha value is -2.41. The lowest BCUT2D eigenvalue weighted by atomic mass is 9.96. The summed E-state index contributed by atoms with van der Waals surface area (Å²) < 4.78 is 56.2. The second-order valence-corrected chi connectivity index (χ2v) is 5.76. The molecule has 0 radical (unpaired) electrons. The fourth-order valence-corrected chi connectivity index (χ4v) is 2.95. The summed E-state index contributed by atoms with van der Waals surface area (Å²) in [6.07, 6.45) is -4.44. The van der Waals surface area contributed by atoms with Crippen molar-refractivity contribution in [2.45, 2.75) is 18.7 Å². The van der Waals surface area contributed by atoms with Crippen molar-refractivity contribution in [3.63, 3.8) is 0 Å². The Labute approximate surface area is 143 Å². The summed E-state index contributed by atoms with van der Waals surface area (Å²) in [6.45, 7) is 0.231. The van der Waals surface area contributed by atoms with Crippen LogP contribution >= 0.6 is 0 Å². The molecule has 0 aliphatic carbocycles. The van der Waals surface area contributed by atoms with E-state index < -0.39 is 11.7 Å². The average Bonchev–Trinajstić information content (AvgIpc) is 3.02. The Morgan fingerprint density at radius 2 is 1.88 bits per heavy atom. The third-order valence-corrected chi connectivity index (χ3v) is 4.19. The zero-order valence-electron chi connectivity index (χ0n) is 13.8. The van der Waals surface area contributed by atoms with Crippen LogP contribution in [-0.2, 0) is 12.6 Å². The summed E-state index contributed by atoms with van der Waals surface area (Å²) >= 11 is 0. The van der Waals surface area contributed by atoms with Crippen LogP contribution in [-0.4, -0.2) is 26.9 Å². The molecule has 1 atom stereocenters. The minimum Gasteiger partial charge on any atom is -0.497 e. The van der Waals surface area contributed by atoms with Crippen molar-refractivity contribution in [2.24, 2.45) is 5.73 Å². The molecule has 0 fully saturated rings. The topological polar surface area (TPSA) is 53.7 Å². The van der Waals surface area contributed by atoms with Gasteiger partial charge in [0.2, 0.25) is 0 Å². The first kappa shape index (κ1) is 17.4. The number of halogens is 3. The van der Waals surface area contributed by atoms with E-state index in [1.165, 1.54) is 14.2 Å². The maximum Gasteiger partial charge on any atom is 0.416 e. The van der Waals surface area contributed by atoms with Crippen LogP contribution in [0.2, 0.25) is 0 Å². The lowest BCUT2D eigenvalue weighted by Crippen LogP contribution is -2.24. The Bertz CT molecular complexity index is 790. The lowest BCUT2D eigenvalue weighted by Gasteiger charge is -2.16. The van der Waals surface area contributed by atoms with E-state index in [0.29, 0.717) is 40.4 Å². The van der Waals surface area contributed by atoms with Crippen LogP contribution in [0.4, 0.5) is 13.2 Å². The fraction of sp³-hybridized carbons (Fsp3) is 0.333. The second-order valence-electron chi connectivity index (χ2n) is 5.76. The monoisotopic (exact) mass is 353 g/mol. The lowest BCUT2D eigenvalue weighted by molar-refractivity contribution is -0.137. The van der Waals surface area contributed by atoms with Crippen LogP contribution in [0, 0.1) is 0 Å². The number of hydrogen-bond donors (Lipinski definition) is 1. The number of ether oxygens (including phenoxy) is 3. The number of alkyl halides is 3. The number of rotatable bonds is 4. The highest BCUT2D eigenvalue weighted by Crippen LogP contribution is 2.46. The summed E-state index contributed by atoms with van der Waals surface area (Å²) in [6, 6.07) is 7.16. The number of benzene rings is 2. The van der Waals surface area contributed by atoms with E-state index in [9.17, 15) is 13.2 Å². The van der Waals surface area contributed by atoms with Crippen molar-refractivity contribution in [3.8, 4) is 28.4 Å². The SMILES string of the molecule is COc1ccc(-c2cc(C(F)(F)F)cc3c2OC(CN)C3)c(OC)c1. The Morgan fingerprint density at radius 1 is 1.12 bits per heavy atom. The first-order chi connectivity index (χ1) is 11.9. The summed E-state index contributed by atoms with van der Waals surface area (Å²) in [7, 11) is 2.96. The highest BCUT2D eigenvalue weighted by atomic mass is 19.4. The van der Waals surface area contributed by atoms with Gasteiger partial charge in [0, 0.05) is 30.2 Å². The van der Waals surface area contributed by atoms with Gasteiger partial charge in [0.05, 0.1) is 19.8 Å². The summed E-state index contributed by atoms with van der Waals surface area (Å²) in [5.41, 5.74) is 6.24. The molecule has 4 nitrogen and oxygen atoms in total. The molecule has 1 heterocycles. The summed E-state index contributed by atoms with van der Waals surface area (Å²) in [5, 5.41) is 0. The maximum atomic E-state index is 13.3. The molecule has 0 bridgehead atoms. The van der Waals surface area contributed by atoms with Crippen molar-refractivity contribution in [3.05, 3.63) is 41.5 Å². The highest BCUT2D eigenvalue weighted by molar-refractivity contribution is 5.79. The van der Waals surface area contributed by atoms with Crippen molar-refractivity contribution in [2.75, 3.05) is 20.8 Å². The molecule has 134 valence electrons. The first-order valence-electron chi connectivity index (χ1n) is 7.70. The minimum absolute atomic E-state index is 0.231. The molecule has 0 amide bonds. The first-order valence-corrected chi connectivity index (χ1v) is 7.70. The number of hydrogen-bond acceptors (Lipinski definition) is 4. The third-order valence-electron chi connectivity index (χ3n) is 4.19. The van der Waals surface area contributed by atoms with E-state index in [2.05, 4.69) is 0 Å². The quantitative estimate of drug-likeness (QED) is 0.912. The molecule has 7 heteroatoms. The van der Waals surface area contributed by atoms with Crippen molar-refractivity contribution in [1.29, 1.82) is 0 Å². The number of fused-ring (bicyclic) bond motifs is 1. The largest absolute Gasteiger partial charge is 0.497 e. The fourth-order valence-electron chi connectivity index (χ4n) is 2.95. The second kappa shape index (κ2) is 6.48. The molecule has 2 N–H and O–H groups in total. The molecule has 0 aromatic heterocycles. The predicted molar refractivity (Wildman–Crippen MR) is 87.2 cm³/mol. The van der Waals surface area contributed by atoms with E-state index in [4.69, 9.17) is 19.9 Å². The zero-order valence-corrected chi connectivity index (χ0v) is 13.8. The van der Waals surface area contributed by atoms with Gasteiger partial charge < -0.3 is 19.9 Å². The van der Waals surface area contributed by atoms with Crippen molar-refractivity contribution < 1.29 is 27.4 Å². The van der Waals surface area contributed by atoms with Crippen LogP contribution in [0.5, 0.6) is 17.2 Å². The molecule has 25 heavy (non-hydrogen) atoms. The number of nitrogens with two attached hydrogens (primary N) is 1. The molecule has 1 unspecified atom stereocenters. The molecule has 1 aliphatic heterocycles. The summed E-state index contributed by atoms with van der Waals surface area (Å²) in [5.74, 6) is 1.37. The van der Waals surface area contributed by atoms with Gasteiger partial charge in [-0.2, -0.15) is 13.2 Å². The minimum atomic E-state index is -4.45. The molecule has 0 spiro atoms. The van der Waals surface area contributed by atoms with Gasteiger partial charge in [0.25, 0.3) is 0 Å².